The molecule has 6 heteroatoms. The van der Waals surface area contributed by atoms with Crippen LogP contribution in [0.1, 0.15) is 18.0 Å². The van der Waals surface area contributed by atoms with Crippen molar-refractivity contribution in [3.05, 3.63) is 34.3 Å². The first-order chi connectivity index (χ1) is 9.01. The molecule has 1 aromatic heterocycles. The molecule has 1 aromatic carbocycles. The first-order valence-electron chi connectivity index (χ1n) is 5.87. The number of carbonyl (C=O) groups is 1. The fraction of sp³-hybridized carbons (Fsp3) is 0.385. The molecule has 1 atom stereocenters. The number of methoxy groups -OCH3 is 1. The molecular weight excluding hydrogens is 248 g/mol. The van der Waals surface area contributed by atoms with Gasteiger partial charge < -0.3 is 14.1 Å². The van der Waals surface area contributed by atoms with Crippen LogP contribution in [0.3, 0.4) is 0 Å². The van der Waals surface area contributed by atoms with Gasteiger partial charge in [0.2, 0.25) is 0 Å². The fourth-order valence-electron chi connectivity index (χ4n) is 2.01. The monoisotopic (exact) mass is 264 g/mol. The molecule has 0 spiro atoms. The first kappa shape index (κ1) is 13.4. The van der Waals surface area contributed by atoms with Gasteiger partial charge >= 0.3 is 11.7 Å². The van der Waals surface area contributed by atoms with Crippen molar-refractivity contribution in [2.24, 2.45) is 0 Å². The van der Waals surface area contributed by atoms with Crippen LogP contribution in [0.25, 0.3) is 11.1 Å². The molecule has 1 heterocycles. The lowest BCUT2D eigenvalue weighted by Gasteiger charge is -2.23. The summed E-state index contributed by atoms with van der Waals surface area (Å²) in [5.74, 6) is -0.768. The van der Waals surface area contributed by atoms with E-state index in [0.717, 1.165) is 5.56 Å². The van der Waals surface area contributed by atoms with Crippen LogP contribution in [-0.4, -0.2) is 37.1 Å². The van der Waals surface area contributed by atoms with Gasteiger partial charge in [0.15, 0.2) is 5.58 Å². The molecule has 0 saturated carbocycles. The minimum atomic E-state index is -0.485. The normalized spacial score (nSPS) is 12.8. The van der Waals surface area contributed by atoms with Crippen molar-refractivity contribution in [1.82, 2.24) is 9.88 Å². The van der Waals surface area contributed by atoms with Crippen LogP contribution in [0.4, 0.5) is 0 Å². The number of nitrogens with zero attached hydrogens (tertiary/aromatic N) is 1. The van der Waals surface area contributed by atoms with Gasteiger partial charge in [-0.2, -0.15) is 0 Å². The van der Waals surface area contributed by atoms with Crippen LogP contribution in [-0.2, 0) is 9.53 Å². The number of benzene rings is 1. The van der Waals surface area contributed by atoms with E-state index in [1.165, 1.54) is 7.11 Å². The molecule has 0 fully saturated rings. The van der Waals surface area contributed by atoms with Gasteiger partial charge in [-0.05, 0) is 31.8 Å². The molecule has 0 aliphatic heterocycles. The lowest BCUT2D eigenvalue weighted by atomic mass is 10.0. The summed E-state index contributed by atoms with van der Waals surface area (Å²) in [4.78, 5) is 27.1. The lowest BCUT2D eigenvalue weighted by molar-refractivity contribution is -0.141. The second-order valence-corrected chi connectivity index (χ2v) is 4.53. The molecule has 2 aromatic rings. The molecule has 6 nitrogen and oxygen atoms in total. The van der Waals surface area contributed by atoms with Crippen molar-refractivity contribution < 1.29 is 13.9 Å². The smallest absolute Gasteiger partial charge is 0.417 e. The maximum atomic E-state index is 11.4. The highest BCUT2D eigenvalue weighted by Crippen LogP contribution is 2.25. The molecule has 0 radical (unpaired) electrons. The van der Waals surface area contributed by atoms with E-state index in [2.05, 4.69) is 4.98 Å². The number of H-pyrrole nitrogens is 1. The van der Waals surface area contributed by atoms with E-state index in [1.807, 2.05) is 25.1 Å². The van der Waals surface area contributed by atoms with Crippen molar-refractivity contribution in [3.63, 3.8) is 0 Å². The summed E-state index contributed by atoms with van der Waals surface area (Å²) < 4.78 is 9.72. The van der Waals surface area contributed by atoms with Gasteiger partial charge in [0.05, 0.1) is 19.0 Å². The molecule has 0 bridgehead atoms. The van der Waals surface area contributed by atoms with E-state index >= 15 is 0 Å². The molecule has 102 valence electrons. The second-order valence-electron chi connectivity index (χ2n) is 4.53. The maximum Gasteiger partial charge on any atom is 0.417 e. The predicted molar refractivity (Wildman–Crippen MR) is 69.9 cm³/mol. The van der Waals surface area contributed by atoms with Crippen LogP contribution >= 0.6 is 0 Å². The Hall–Kier alpha value is -2.08. The van der Waals surface area contributed by atoms with Crippen molar-refractivity contribution >= 4 is 17.1 Å². The second kappa shape index (κ2) is 5.27. The highest BCUT2D eigenvalue weighted by atomic mass is 16.5. The van der Waals surface area contributed by atoms with Gasteiger partial charge in [0, 0.05) is 6.04 Å². The molecular formula is C13H16N2O4. The summed E-state index contributed by atoms with van der Waals surface area (Å²) in [7, 11) is 5.12. The van der Waals surface area contributed by atoms with Crippen molar-refractivity contribution in [3.8, 4) is 0 Å². The third-order valence-electron chi connectivity index (χ3n) is 3.04. The number of aromatic nitrogens is 1. The first-order valence-corrected chi connectivity index (χ1v) is 5.87. The van der Waals surface area contributed by atoms with Crippen LogP contribution in [0.5, 0.6) is 0 Å². The lowest BCUT2D eigenvalue weighted by Crippen LogP contribution is -2.23. The number of ether oxygens (including phenoxy) is 1. The molecule has 2 rings (SSSR count). The number of oxazole rings is 1. The molecule has 19 heavy (non-hydrogen) atoms. The summed E-state index contributed by atoms with van der Waals surface area (Å²) in [6, 6.07) is 5.27. The van der Waals surface area contributed by atoms with E-state index in [1.54, 1.807) is 12.1 Å². The number of carbonyl (C=O) groups excluding carboxylic acids is 1. The predicted octanol–water partition coefficient (Wildman–Crippen LogP) is 1.29. The Morgan fingerprint density at radius 3 is 2.84 bits per heavy atom. The molecule has 1 unspecified atom stereocenters. The Morgan fingerprint density at radius 1 is 1.47 bits per heavy atom. The Labute approximate surface area is 110 Å². The highest BCUT2D eigenvalue weighted by molar-refractivity contribution is 5.74. The van der Waals surface area contributed by atoms with Crippen LogP contribution in [0.15, 0.2) is 27.4 Å². The average Bonchev–Trinajstić information content (AvgIpc) is 2.74. The van der Waals surface area contributed by atoms with Crippen LogP contribution in [0, 0.1) is 0 Å². The Kier molecular flexibility index (Phi) is 3.71. The van der Waals surface area contributed by atoms with E-state index in [4.69, 9.17) is 9.15 Å². The zero-order chi connectivity index (χ0) is 14.0. The molecule has 1 N–H and O–H groups in total. The summed E-state index contributed by atoms with van der Waals surface area (Å²) >= 11 is 0. The van der Waals surface area contributed by atoms with Crippen molar-refractivity contribution in [1.29, 1.82) is 0 Å². The topological polar surface area (TPSA) is 75.5 Å². The zero-order valence-electron chi connectivity index (χ0n) is 11.1. The molecule has 0 amide bonds. The number of rotatable bonds is 4. The van der Waals surface area contributed by atoms with Crippen molar-refractivity contribution in [2.45, 2.75) is 12.5 Å². The van der Waals surface area contributed by atoms with Gasteiger partial charge in [0.1, 0.15) is 0 Å². The molecule has 0 aliphatic carbocycles. The number of hydrogen-bond donors (Lipinski definition) is 1. The number of hydrogen-bond acceptors (Lipinski definition) is 5. The third-order valence-corrected chi connectivity index (χ3v) is 3.04. The van der Waals surface area contributed by atoms with Gasteiger partial charge in [0.25, 0.3) is 0 Å². The zero-order valence-corrected chi connectivity index (χ0v) is 11.1. The largest absolute Gasteiger partial charge is 0.469 e. The Balaban J connectivity index is 2.38. The van der Waals surface area contributed by atoms with Gasteiger partial charge in [-0.15, -0.1) is 0 Å². The van der Waals surface area contributed by atoms with Crippen LogP contribution in [0.2, 0.25) is 0 Å². The third kappa shape index (κ3) is 2.85. The van der Waals surface area contributed by atoms with Gasteiger partial charge in [-0.3, -0.25) is 9.78 Å². The summed E-state index contributed by atoms with van der Waals surface area (Å²) in [6.07, 6.45) is 0.240. The number of aromatic amines is 1. The van der Waals surface area contributed by atoms with E-state index in [0.29, 0.717) is 11.1 Å². The maximum absolute atomic E-state index is 11.4. The summed E-state index contributed by atoms with van der Waals surface area (Å²) in [5.41, 5.74) is 2.02. The van der Waals surface area contributed by atoms with Crippen molar-refractivity contribution in [2.75, 3.05) is 21.2 Å². The van der Waals surface area contributed by atoms with E-state index < -0.39 is 5.76 Å². The minimum absolute atomic E-state index is 0.128. The average molecular weight is 264 g/mol. The summed E-state index contributed by atoms with van der Waals surface area (Å²) in [6.45, 7) is 0. The minimum Gasteiger partial charge on any atom is -0.469 e. The fourth-order valence-corrected chi connectivity index (χ4v) is 2.01. The van der Waals surface area contributed by atoms with Crippen LogP contribution < -0.4 is 5.76 Å². The van der Waals surface area contributed by atoms with E-state index in [9.17, 15) is 9.59 Å². The Bertz CT molecular complexity index is 641. The standard InChI is InChI=1S/C13H16N2O4/c1-15(2)10(7-12(16)18-3)8-4-5-9-11(6-8)19-13(17)14-9/h4-6,10H,7H2,1-3H3,(H,14,17). The molecule has 0 aliphatic rings. The Morgan fingerprint density at radius 2 is 2.21 bits per heavy atom. The van der Waals surface area contributed by atoms with E-state index in [-0.39, 0.29) is 18.4 Å². The molecule has 0 saturated heterocycles. The quantitative estimate of drug-likeness (QED) is 0.842. The van der Waals surface area contributed by atoms with Gasteiger partial charge in [-0.1, -0.05) is 6.07 Å². The number of fused-ring (bicyclic) bond motifs is 1. The SMILES string of the molecule is COC(=O)CC(c1ccc2[nH]c(=O)oc2c1)N(C)C. The number of esters is 1. The summed E-state index contributed by atoms with van der Waals surface area (Å²) in [5, 5.41) is 0. The highest BCUT2D eigenvalue weighted by Gasteiger charge is 2.19. The number of nitrogens with one attached hydrogen (secondary N) is 1. The van der Waals surface area contributed by atoms with Gasteiger partial charge in [-0.25, -0.2) is 4.79 Å².